The van der Waals surface area contributed by atoms with Crippen LogP contribution in [0.3, 0.4) is 0 Å². The Bertz CT molecular complexity index is 1110. The van der Waals surface area contributed by atoms with Crippen LogP contribution in [0.15, 0.2) is 66.7 Å². The van der Waals surface area contributed by atoms with Crippen molar-refractivity contribution >= 4 is 39.9 Å². The fourth-order valence-corrected chi connectivity index (χ4v) is 3.49. The third-order valence-corrected chi connectivity index (χ3v) is 5.16. The molecule has 6 heteroatoms. The summed E-state index contributed by atoms with van der Waals surface area (Å²) in [5, 5.41) is 4.87. The first-order valence-electron chi connectivity index (χ1n) is 9.92. The Kier molecular flexibility index (Phi) is 5.48. The summed E-state index contributed by atoms with van der Waals surface area (Å²) in [6.45, 7) is 2.22. The first kappa shape index (κ1) is 19.6. The minimum absolute atomic E-state index is 0.0873. The summed E-state index contributed by atoms with van der Waals surface area (Å²) >= 11 is 0. The molecule has 3 aromatic rings. The van der Waals surface area contributed by atoms with Gasteiger partial charge >= 0.3 is 5.97 Å². The SMILES string of the molecule is CC(OC(=O)c1ccc(N2CCCC2=O)cc1)C(=O)Nc1ccc2ccccc2c1. The first-order valence-corrected chi connectivity index (χ1v) is 9.92. The van der Waals surface area contributed by atoms with Crippen molar-refractivity contribution in [1.29, 1.82) is 0 Å². The normalized spacial score (nSPS) is 14.6. The molecule has 152 valence electrons. The first-order chi connectivity index (χ1) is 14.5. The second-order valence-electron chi connectivity index (χ2n) is 7.29. The highest BCUT2D eigenvalue weighted by Gasteiger charge is 2.23. The lowest BCUT2D eigenvalue weighted by Gasteiger charge is -2.16. The van der Waals surface area contributed by atoms with E-state index in [0.29, 0.717) is 24.2 Å². The summed E-state index contributed by atoms with van der Waals surface area (Å²) in [5.74, 6) is -0.905. The maximum Gasteiger partial charge on any atom is 0.338 e. The van der Waals surface area contributed by atoms with E-state index in [1.807, 2.05) is 42.5 Å². The van der Waals surface area contributed by atoms with Gasteiger partial charge in [0.2, 0.25) is 5.91 Å². The molecule has 0 spiro atoms. The zero-order valence-corrected chi connectivity index (χ0v) is 16.6. The molecule has 1 fully saturated rings. The summed E-state index contributed by atoms with van der Waals surface area (Å²) in [4.78, 5) is 38.4. The van der Waals surface area contributed by atoms with Crippen LogP contribution in [-0.2, 0) is 14.3 Å². The van der Waals surface area contributed by atoms with Gasteiger partial charge in [-0.3, -0.25) is 9.59 Å². The quantitative estimate of drug-likeness (QED) is 0.651. The van der Waals surface area contributed by atoms with Gasteiger partial charge in [0.15, 0.2) is 6.10 Å². The molecular weight excluding hydrogens is 380 g/mol. The van der Waals surface area contributed by atoms with Gasteiger partial charge < -0.3 is 15.0 Å². The van der Waals surface area contributed by atoms with Crippen molar-refractivity contribution in [2.24, 2.45) is 0 Å². The van der Waals surface area contributed by atoms with Crippen LogP contribution in [-0.4, -0.2) is 30.4 Å². The van der Waals surface area contributed by atoms with E-state index in [0.717, 1.165) is 22.9 Å². The second-order valence-corrected chi connectivity index (χ2v) is 7.29. The van der Waals surface area contributed by atoms with Crippen LogP contribution in [0.25, 0.3) is 10.8 Å². The van der Waals surface area contributed by atoms with Crippen LogP contribution in [0.1, 0.15) is 30.1 Å². The van der Waals surface area contributed by atoms with E-state index in [2.05, 4.69) is 5.32 Å². The number of hydrogen-bond acceptors (Lipinski definition) is 4. The lowest BCUT2D eigenvalue weighted by atomic mass is 10.1. The van der Waals surface area contributed by atoms with E-state index >= 15 is 0 Å². The summed E-state index contributed by atoms with van der Waals surface area (Å²) in [5.41, 5.74) is 1.73. The maximum absolute atomic E-state index is 12.4. The number of carbonyl (C=O) groups excluding carboxylic acids is 3. The Labute approximate surface area is 174 Å². The van der Waals surface area contributed by atoms with E-state index in [1.165, 1.54) is 6.92 Å². The molecule has 0 saturated carbocycles. The molecule has 3 aromatic carbocycles. The zero-order chi connectivity index (χ0) is 21.1. The molecule has 0 aliphatic carbocycles. The van der Waals surface area contributed by atoms with Crippen molar-refractivity contribution < 1.29 is 19.1 Å². The van der Waals surface area contributed by atoms with Gasteiger partial charge in [0, 0.05) is 24.3 Å². The lowest BCUT2D eigenvalue weighted by molar-refractivity contribution is -0.123. The third kappa shape index (κ3) is 4.17. The molecule has 4 rings (SSSR count). The number of nitrogens with zero attached hydrogens (tertiary/aromatic N) is 1. The Morgan fingerprint density at radius 3 is 2.43 bits per heavy atom. The summed E-state index contributed by atoms with van der Waals surface area (Å²) in [7, 11) is 0. The molecule has 1 heterocycles. The van der Waals surface area contributed by atoms with Gasteiger partial charge in [0.1, 0.15) is 0 Å². The minimum Gasteiger partial charge on any atom is -0.449 e. The van der Waals surface area contributed by atoms with Gasteiger partial charge in [-0.1, -0.05) is 30.3 Å². The summed E-state index contributed by atoms with van der Waals surface area (Å²) in [6.07, 6.45) is 0.434. The average molecular weight is 402 g/mol. The number of nitrogens with one attached hydrogen (secondary N) is 1. The number of rotatable bonds is 5. The van der Waals surface area contributed by atoms with Gasteiger partial charge in [-0.2, -0.15) is 0 Å². The van der Waals surface area contributed by atoms with Crippen LogP contribution in [0.5, 0.6) is 0 Å². The fraction of sp³-hybridized carbons (Fsp3) is 0.208. The van der Waals surface area contributed by atoms with E-state index in [4.69, 9.17) is 4.74 Å². The average Bonchev–Trinajstić information content (AvgIpc) is 3.19. The molecule has 2 amide bonds. The fourth-order valence-electron chi connectivity index (χ4n) is 3.49. The molecule has 30 heavy (non-hydrogen) atoms. The lowest BCUT2D eigenvalue weighted by Crippen LogP contribution is -2.30. The third-order valence-electron chi connectivity index (χ3n) is 5.16. The summed E-state index contributed by atoms with van der Waals surface area (Å²) in [6, 6.07) is 20.1. The molecule has 1 N–H and O–H groups in total. The van der Waals surface area contributed by atoms with Gasteiger partial charge in [0.05, 0.1) is 5.56 Å². The molecule has 1 aliphatic rings. The van der Waals surface area contributed by atoms with E-state index in [1.54, 1.807) is 29.2 Å². The molecule has 0 aromatic heterocycles. The van der Waals surface area contributed by atoms with E-state index < -0.39 is 18.0 Å². The van der Waals surface area contributed by atoms with Gasteiger partial charge in [0.25, 0.3) is 5.91 Å². The highest BCUT2D eigenvalue weighted by atomic mass is 16.5. The van der Waals surface area contributed by atoms with Crippen molar-refractivity contribution in [2.75, 3.05) is 16.8 Å². The maximum atomic E-state index is 12.4. The highest BCUT2D eigenvalue weighted by molar-refractivity contribution is 5.99. The van der Waals surface area contributed by atoms with Crippen LogP contribution >= 0.6 is 0 Å². The Hall–Kier alpha value is -3.67. The molecule has 6 nitrogen and oxygen atoms in total. The zero-order valence-electron chi connectivity index (χ0n) is 16.6. The van der Waals surface area contributed by atoms with Crippen molar-refractivity contribution in [1.82, 2.24) is 0 Å². The van der Waals surface area contributed by atoms with Crippen molar-refractivity contribution in [2.45, 2.75) is 25.9 Å². The summed E-state index contributed by atoms with van der Waals surface area (Å²) < 4.78 is 5.31. The standard InChI is InChI=1S/C24H22N2O4/c1-16(23(28)25-20-11-8-17-5-2-3-6-19(17)15-20)30-24(29)18-9-12-21(13-10-18)26-14-4-7-22(26)27/h2-3,5-6,8-13,15-16H,4,7,14H2,1H3,(H,25,28). The van der Waals surface area contributed by atoms with Crippen molar-refractivity contribution in [3.8, 4) is 0 Å². The van der Waals surface area contributed by atoms with Crippen LogP contribution in [0, 0.1) is 0 Å². The van der Waals surface area contributed by atoms with E-state index in [9.17, 15) is 14.4 Å². The van der Waals surface area contributed by atoms with E-state index in [-0.39, 0.29) is 5.91 Å². The topological polar surface area (TPSA) is 75.7 Å². The Morgan fingerprint density at radius 1 is 1.00 bits per heavy atom. The molecule has 0 bridgehead atoms. The number of anilines is 2. The minimum atomic E-state index is -0.955. The molecule has 0 radical (unpaired) electrons. The number of hydrogen-bond donors (Lipinski definition) is 1. The smallest absolute Gasteiger partial charge is 0.338 e. The number of benzene rings is 3. The van der Waals surface area contributed by atoms with Crippen LogP contribution in [0.2, 0.25) is 0 Å². The number of amides is 2. The molecule has 1 aliphatic heterocycles. The Balaban J connectivity index is 1.37. The second kappa shape index (κ2) is 8.37. The largest absolute Gasteiger partial charge is 0.449 e. The molecule has 1 unspecified atom stereocenters. The van der Waals surface area contributed by atoms with Gasteiger partial charge in [-0.15, -0.1) is 0 Å². The number of ether oxygens (including phenoxy) is 1. The number of fused-ring (bicyclic) bond motifs is 1. The predicted molar refractivity (Wildman–Crippen MR) is 115 cm³/mol. The highest BCUT2D eigenvalue weighted by Crippen LogP contribution is 2.22. The Morgan fingerprint density at radius 2 is 1.73 bits per heavy atom. The van der Waals surface area contributed by atoms with Crippen LogP contribution < -0.4 is 10.2 Å². The van der Waals surface area contributed by atoms with Gasteiger partial charge in [-0.25, -0.2) is 4.79 Å². The molecule has 1 saturated heterocycles. The van der Waals surface area contributed by atoms with Crippen molar-refractivity contribution in [3.63, 3.8) is 0 Å². The monoisotopic (exact) mass is 402 g/mol. The van der Waals surface area contributed by atoms with Crippen LogP contribution in [0.4, 0.5) is 11.4 Å². The van der Waals surface area contributed by atoms with Gasteiger partial charge in [-0.05, 0) is 60.5 Å². The number of carbonyl (C=O) groups is 3. The number of esters is 1. The van der Waals surface area contributed by atoms with Crippen molar-refractivity contribution in [3.05, 3.63) is 72.3 Å². The molecule has 1 atom stereocenters. The predicted octanol–water partition coefficient (Wildman–Crippen LogP) is 4.15. The molecular formula is C24H22N2O4.